The molecule has 1 aliphatic rings. The van der Waals surface area contributed by atoms with Crippen LogP contribution in [0.2, 0.25) is 0 Å². The van der Waals surface area contributed by atoms with Gasteiger partial charge in [-0.25, -0.2) is 4.98 Å². The predicted molar refractivity (Wildman–Crippen MR) is 77.3 cm³/mol. The Morgan fingerprint density at radius 3 is 3.05 bits per heavy atom. The molecule has 5 heteroatoms. The molecule has 1 saturated heterocycles. The molecule has 0 aliphatic carbocycles. The second-order valence-electron chi connectivity index (χ2n) is 4.79. The van der Waals surface area contributed by atoms with Crippen LogP contribution in [0.3, 0.4) is 0 Å². The maximum atomic E-state index is 5.86. The minimum absolute atomic E-state index is 0.389. The molecule has 19 heavy (non-hydrogen) atoms. The Morgan fingerprint density at radius 2 is 2.21 bits per heavy atom. The minimum Gasteiger partial charge on any atom is -0.441 e. The monoisotopic (exact) mass is 324 g/mol. The Morgan fingerprint density at radius 1 is 1.37 bits per heavy atom. The highest BCUT2D eigenvalue weighted by molar-refractivity contribution is 9.10. The van der Waals surface area contributed by atoms with Crippen LogP contribution in [0, 0.1) is 0 Å². The quantitative estimate of drug-likeness (QED) is 0.939. The molecular weight excluding hydrogens is 308 g/mol. The Balaban J connectivity index is 1.56. The zero-order chi connectivity index (χ0) is 13.1. The lowest BCUT2D eigenvalue weighted by atomic mass is 10.1. The summed E-state index contributed by atoms with van der Waals surface area (Å²) in [6, 6.07) is 5.86. The van der Waals surface area contributed by atoms with E-state index >= 15 is 0 Å². The zero-order valence-corrected chi connectivity index (χ0v) is 12.3. The maximum Gasteiger partial charge on any atom is 0.197 e. The smallest absolute Gasteiger partial charge is 0.197 e. The van der Waals surface area contributed by atoms with Gasteiger partial charge in [0, 0.05) is 10.9 Å². The summed E-state index contributed by atoms with van der Waals surface area (Å²) in [5.41, 5.74) is 1.73. The molecule has 0 unspecified atom stereocenters. The number of nitrogens with one attached hydrogen (secondary N) is 1. The van der Waals surface area contributed by atoms with Crippen molar-refractivity contribution in [1.29, 1.82) is 0 Å². The fourth-order valence-corrected chi connectivity index (χ4v) is 2.68. The van der Waals surface area contributed by atoms with E-state index in [9.17, 15) is 0 Å². The zero-order valence-electron chi connectivity index (χ0n) is 10.7. The van der Waals surface area contributed by atoms with Gasteiger partial charge in [-0.05, 0) is 44.1 Å². The van der Waals surface area contributed by atoms with Crippen molar-refractivity contribution in [2.75, 3.05) is 19.7 Å². The molecule has 4 nitrogen and oxygen atoms in total. The highest BCUT2D eigenvalue weighted by atomic mass is 79.9. The summed E-state index contributed by atoms with van der Waals surface area (Å²) in [6.07, 6.45) is 3.32. The number of oxazole rings is 1. The average Bonchev–Trinajstić information content (AvgIpc) is 2.82. The third kappa shape index (κ3) is 3.35. The number of ether oxygens (including phenoxy) is 1. The summed E-state index contributed by atoms with van der Waals surface area (Å²) < 4.78 is 12.6. The first-order valence-corrected chi connectivity index (χ1v) is 7.48. The van der Waals surface area contributed by atoms with E-state index in [1.807, 2.05) is 18.2 Å². The fraction of sp³-hybridized carbons (Fsp3) is 0.500. The number of nitrogens with zero attached hydrogens (tertiary/aromatic N) is 1. The molecule has 2 heterocycles. The summed E-state index contributed by atoms with van der Waals surface area (Å²) in [5, 5.41) is 3.33. The first-order chi connectivity index (χ1) is 9.31. The van der Waals surface area contributed by atoms with Crippen molar-refractivity contribution >= 4 is 27.0 Å². The number of hydrogen-bond acceptors (Lipinski definition) is 4. The van der Waals surface area contributed by atoms with Crippen LogP contribution in [-0.4, -0.2) is 30.8 Å². The van der Waals surface area contributed by atoms with E-state index < -0.39 is 0 Å². The van der Waals surface area contributed by atoms with Gasteiger partial charge >= 0.3 is 0 Å². The summed E-state index contributed by atoms with van der Waals surface area (Å²) in [7, 11) is 0. The lowest BCUT2D eigenvalue weighted by Gasteiger charge is -2.22. The molecule has 3 rings (SSSR count). The van der Waals surface area contributed by atoms with Crippen molar-refractivity contribution < 1.29 is 9.15 Å². The summed E-state index contributed by atoms with van der Waals surface area (Å²) >= 11 is 3.43. The molecule has 1 aromatic heterocycles. The van der Waals surface area contributed by atoms with E-state index in [4.69, 9.17) is 9.15 Å². The number of piperidine rings is 1. The number of aromatic nitrogens is 1. The summed E-state index contributed by atoms with van der Waals surface area (Å²) in [6.45, 7) is 2.79. The minimum atomic E-state index is 0.389. The SMILES string of the molecule is Brc1ccc2oc(CCOC3CCNCC3)nc2c1. The first kappa shape index (κ1) is 13.1. The Hall–Kier alpha value is -0.910. The van der Waals surface area contributed by atoms with Crippen molar-refractivity contribution in [1.82, 2.24) is 10.3 Å². The van der Waals surface area contributed by atoms with Gasteiger partial charge in [-0.2, -0.15) is 0 Å². The van der Waals surface area contributed by atoms with Crippen molar-refractivity contribution in [3.05, 3.63) is 28.6 Å². The van der Waals surface area contributed by atoms with E-state index in [2.05, 4.69) is 26.2 Å². The molecule has 0 atom stereocenters. The maximum absolute atomic E-state index is 5.86. The summed E-state index contributed by atoms with van der Waals surface area (Å²) in [4.78, 5) is 4.47. The van der Waals surface area contributed by atoms with Crippen LogP contribution in [-0.2, 0) is 11.2 Å². The van der Waals surface area contributed by atoms with Crippen molar-refractivity contribution in [3.8, 4) is 0 Å². The van der Waals surface area contributed by atoms with Gasteiger partial charge in [0.25, 0.3) is 0 Å². The topological polar surface area (TPSA) is 47.3 Å². The van der Waals surface area contributed by atoms with E-state index in [1.54, 1.807) is 0 Å². The number of benzene rings is 1. The molecule has 0 saturated carbocycles. The second kappa shape index (κ2) is 6.03. The van der Waals surface area contributed by atoms with Crippen LogP contribution in [0.1, 0.15) is 18.7 Å². The fourth-order valence-electron chi connectivity index (χ4n) is 2.33. The van der Waals surface area contributed by atoms with Gasteiger partial charge in [-0.15, -0.1) is 0 Å². The van der Waals surface area contributed by atoms with Crippen molar-refractivity contribution in [3.63, 3.8) is 0 Å². The Kier molecular flexibility index (Phi) is 4.15. The van der Waals surface area contributed by atoms with Gasteiger partial charge in [-0.1, -0.05) is 15.9 Å². The molecule has 0 bridgehead atoms. The molecule has 0 radical (unpaired) electrons. The highest BCUT2D eigenvalue weighted by Gasteiger charge is 2.13. The first-order valence-electron chi connectivity index (χ1n) is 6.68. The van der Waals surface area contributed by atoms with Gasteiger partial charge < -0.3 is 14.5 Å². The van der Waals surface area contributed by atoms with Gasteiger partial charge in [0.2, 0.25) is 0 Å². The third-order valence-corrected chi connectivity index (χ3v) is 3.84. The lowest BCUT2D eigenvalue weighted by Crippen LogP contribution is -2.32. The summed E-state index contributed by atoms with van der Waals surface area (Å²) in [5.74, 6) is 0.752. The third-order valence-electron chi connectivity index (χ3n) is 3.35. The molecular formula is C14H17BrN2O2. The molecule has 1 N–H and O–H groups in total. The van der Waals surface area contributed by atoms with Crippen LogP contribution in [0.4, 0.5) is 0 Å². The number of rotatable bonds is 4. The van der Waals surface area contributed by atoms with Gasteiger partial charge in [-0.3, -0.25) is 0 Å². The largest absolute Gasteiger partial charge is 0.441 e. The van der Waals surface area contributed by atoms with E-state index in [-0.39, 0.29) is 0 Å². The van der Waals surface area contributed by atoms with Crippen molar-refractivity contribution in [2.24, 2.45) is 0 Å². The van der Waals surface area contributed by atoms with Gasteiger partial charge in [0.05, 0.1) is 12.7 Å². The Bertz CT molecular complexity index is 549. The molecule has 0 spiro atoms. The van der Waals surface area contributed by atoms with Crippen LogP contribution in [0.25, 0.3) is 11.1 Å². The molecule has 1 aromatic carbocycles. The Labute approximate surface area is 120 Å². The van der Waals surface area contributed by atoms with E-state index in [0.717, 1.165) is 53.8 Å². The van der Waals surface area contributed by atoms with Crippen molar-refractivity contribution in [2.45, 2.75) is 25.4 Å². The number of halogens is 1. The van der Waals surface area contributed by atoms with Crippen LogP contribution < -0.4 is 5.32 Å². The standard InChI is InChI=1S/C14H17BrN2O2/c15-10-1-2-13-12(9-10)17-14(19-13)5-8-18-11-3-6-16-7-4-11/h1-2,9,11,16H,3-8H2. The number of hydrogen-bond donors (Lipinski definition) is 1. The molecule has 1 aliphatic heterocycles. The lowest BCUT2D eigenvalue weighted by molar-refractivity contribution is 0.0328. The number of fused-ring (bicyclic) bond motifs is 1. The average molecular weight is 325 g/mol. The van der Waals surface area contributed by atoms with Gasteiger partial charge in [0.15, 0.2) is 11.5 Å². The van der Waals surface area contributed by atoms with E-state index in [1.165, 1.54) is 0 Å². The predicted octanol–water partition coefficient (Wildman–Crippen LogP) is 2.90. The normalized spacial score (nSPS) is 17.1. The molecule has 102 valence electrons. The highest BCUT2D eigenvalue weighted by Crippen LogP contribution is 2.20. The second-order valence-corrected chi connectivity index (χ2v) is 5.71. The molecule has 0 amide bonds. The van der Waals surface area contributed by atoms with Crippen LogP contribution >= 0.6 is 15.9 Å². The molecule has 2 aromatic rings. The van der Waals surface area contributed by atoms with E-state index in [0.29, 0.717) is 12.7 Å². The van der Waals surface area contributed by atoms with Crippen LogP contribution in [0.5, 0.6) is 0 Å². The van der Waals surface area contributed by atoms with Gasteiger partial charge in [0.1, 0.15) is 5.52 Å². The molecule has 1 fully saturated rings. The van der Waals surface area contributed by atoms with Crippen LogP contribution in [0.15, 0.2) is 27.1 Å².